The zero-order valence-electron chi connectivity index (χ0n) is 30.3. The average molecular weight is 733 g/mol. The second-order valence-electron chi connectivity index (χ2n) is 13.5. The van der Waals surface area contributed by atoms with Crippen LogP contribution in [-0.2, 0) is 32.6 Å². The van der Waals surface area contributed by atoms with Gasteiger partial charge in [-0.3, -0.25) is 9.69 Å². The van der Waals surface area contributed by atoms with Crippen LogP contribution in [-0.4, -0.2) is 85.9 Å². The van der Waals surface area contributed by atoms with E-state index in [1.165, 1.54) is 7.05 Å². The van der Waals surface area contributed by atoms with Gasteiger partial charge in [-0.15, -0.1) is 0 Å². The van der Waals surface area contributed by atoms with E-state index in [9.17, 15) is 23.1 Å². The highest BCUT2D eigenvalue weighted by atomic mass is 32.2. The van der Waals surface area contributed by atoms with Crippen LogP contribution in [0.25, 0.3) is 0 Å². The van der Waals surface area contributed by atoms with Gasteiger partial charge in [0, 0.05) is 26.2 Å². The molecule has 0 saturated heterocycles. The molecule has 1 aliphatic carbocycles. The van der Waals surface area contributed by atoms with Crippen LogP contribution in [0.1, 0.15) is 73.4 Å². The molecule has 3 aromatic carbocycles. The number of sulfonamides is 1. The van der Waals surface area contributed by atoms with Crippen LogP contribution in [0.3, 0.4) is 0 Å². The van der Waals surface area contributed by atoms with Gasteiger partial charge in [-0.05, 0) is 60.1 Å². The van der Waals surface area contributed by atoms with Gasteiger partial charge in [0.15, 0.2) is 0 Å². The largest absolute Gasteiger partial charge is 0.497 e. The number of carbonyl (C=O) groups is 2. The van der Waals surface area contributed by atoms with E-state index in [4.69, 9.17) is 9.47 Å². The molecule has 1 heterocycles. The lowest BCUT2D eigenvalue weighted by Gasteiger charge is -2.31. The summed E-state index contributed by atoms with van der Waals surface area (Å²) in [5, 5.41) is 18.2. The van der Waals surface area contributed by atoms with Crippen LogP contribution in [0, 0.1) is 0 Å². The number of hydrogen-bond acceptors (Lipinski definition) is 8. The monoisotopic (exact) mass is 732 g/mol. The summed E-state index contributed by atoms with van der Waals surface area (Å²) >= 11 is 0. The summed E-state index contributed by atoms with van der Waals surface area (Å²) in [5.74, 6) is 0.101. The van der Waals surface area contributed by atoms with Gasteiger partial charge in [0.25, 0.3) is 0 Å². The maximum Gasteiger partial charge on any atom is 0.410 e. The third kappa shape index (κ3) is 10.0. The third-order valence-corrected chi connectivity index (χ3v) is 11.9. The number of aliphatic hydroxyl groups excluding tert-OH is 1. The Morgan fingerprint density at radius 2 is 1.69 bits per heavy atom. The van der Waals surface area contributed by atoms with Gasteiger partial charge >= 0.3 is 6.09 Å². The topological polar surface area (TPSA) is 138 Å². The first-order valence-corrected chi connectivity index (χ1v) is 19.7. The predicted molar refractivity (Wildman–Crippen MR) is 201 cm³/mol. The Morgan fingerprint density at radius 1 is 0.981 bits per heavy atom. The summed E-state index contributed by atoms with van der Waals surface area (Å²) in [6.07, 6.45) is 5.04. The summed E-state index contributed by atoms with van der Waals surface area (Å²) < 4.78 is 39.5. The minimum absolute atomic E-state index is 0.0652. The lowest BCUT2D eigenvalue weighted by atomic mass is 9.99. The number of hydrogen-bond donors (Lipinski definition) is 3. The van der Waals surface area contributed by atoms with Crippen LogP contribution >= 0.6 is 0 Å². The number of methoxy groups -OCH3 is 1. The molecule has 3 N–H and O–H groups in total. The molecule has 0 spiro atoms. The third-order valence-electron chi connectivity index (χ3n) is 9.98. The van der Waals surface area contributed by atoms with Gasteiger partial charge in [0.1, 0.15) is 18.4 Å². The summed E-state index contributed by atoms with van der Waals surface area (Å²) in [5.41, 5.74) is 3.67. The van der Waals surface area contributed by atoms with E-state index in [0.717, 1.165) is 39.4 Å². The number of likely N-dealkylation sites (N-methyl/N-ethyl adjacent to an activating group) is 1. The molecule has 2 aliphatic rings. The molecular weight excluding hydrogens is 681 g/mol. The van der Waals surface area contributed by atoms with Gasteiger partial charge in [-0.25, -0.2) is 13.2 Å². The molecule has 2 bridgehead atoms. The van der Waals surface area contributed by atoms with E-state index in [1.807, 2.05) is 85.8 Å². The lowest BCUT2D eigenvalue weighted by molar-refractivity contribution is -0.126. The molecule has 280 valence electrons. The van der Waals surface area contributed by atoms with Gasteiger partial charge in [0.05, 0.1) is 31.1 Å². The van der Waals surface area contributed by atoms with Crippen molar-refractivity contribution in [1.29, 1.82) is 0 Å². The Balaban J connectivity index is 1.50. The van der Waals surface area contributed by atoms with Crippen molar-refractivity contribution in [1.82, 2.24) is 19.8 Å². The molecule has 52 heavy (non-hydrogen) atoms. The highest BCUT2D eigenvalue weighted by Gasteiger charge is 2.39. The standard InChI is InChI=1S/C40H52N4O7S/c1-4-5-14-23-52(48,49)43(2)36-19-12-13-22-44(40(47)51-28-30-17-10-7-11-18-30)37-26-34(33-25-31(50-3)20-21-32(33)37)41-27-38(45)35(42-39(36)46)24-29-15-8-6-9-16-29/h6-13,15-18,20-21,25,34-38,41,45H,4-5,14,19,22-24,26-28H2,1-3H3,(H,42,46)/b13-12+/t34?,35-,36-,37?,38+/m0/s1. The van der Waals surface area contributed by atoms with Crippen molar-refractivity contribution < 1.29 is 32.6 Å². The fourth-order valence-corrected chi connectivity index (χ4v) is 8.35. The summed E-state index contributed by atoms with van der Waals surface area (Å²) in [4.78, 5) is 29.6. The molecular formula is C40H52N4O7S. The maximum atomic E-state index is 14.1. The van der Waals surface area contributed by atoms with Crippen molar-refractivity contribution >= 4 is 22.0 Å². The molecule has 1 aliphatic heterocycles. The van der Waals surface area contributed by atoms with Crippen molar-refractivity contribution in [2.75, 3.05) is 33.0 Å². The Morgan fingerprint density at radius 3 is 2.38 bits per heavy atom. The number of ether oxygens (including phenoxy) is 2. The number of benzene rings is 3. The first kappa shape index (κ1) is 39.0. The molecule has 5 atom stereocenters. The normalized spacial score (nSPS) is 23.2. The molecule has 3 aromatic rings. The van der Waals surface area contributed by atoms with E-state index in [2.05, 4.69) is 10.6 Å². The Kier molecular flexibility index (Phi) is 13.9. The first-order valence-electron chi connectivity index (χ1n) is 18.1. The summed E-state index contributed by atoms with van der Waals surface area (Å²) in [7, 11) is -0.729. The number of carbonyl (C=O) groups excluding carboxylic acids is 2. The van der Waals surface area contributed by atoms with Crippen LogP contribution in [0.2, 0.25) is 0 Å². The molecule has 5 rings (SSSR count). The molecule has 0 saturated carbocycles. The molecule has 2 amide bonds. The van der Waals surface area contributed by atoms with Crippen molar-refractivity contribution in [3.05, 3.63) is 113 Å². The minimum Gasteiger partial charge on any atom is -0.497 e. The van der Waals surface area contributed by atoms with Crippen molar-refractivity contribution in [2.24, 2.45) is 0 Å². The van der Waals surface area contributed by atoms with E-state index < -0.39 is 40.2 Å². The number of rotatable bonds is 11. The quantitative estimate of drug-likeness (QED) is 0.179. The van der Waals surface area contributed by atoms with Crippen molar-refractivity contribution in [2.45, 2.75) is 82.3 Å². The smallest absolute Gasteiger partial charge is 0.410 e. The number of nitrogens with zero attached hydrogens (tertiary/aromatic N) is 2. The number of amides is 2. The minimum atomic E-state index is -3.77. The highest BCUT2D eigenvalue weighted by molar-refractivity contribution is 7.89. The first-order chi connectivity index (χ1) is 25.1. The second-order valence-corrected chi connectivity index (χ2v) is 15.7. The van der Waals surface area contributed by atoms with Gasteiger partial charge in [0.2, 0.25) is 15.9 Å². The summed E-state index contributed by atoms with van der Waals surface area (Å²) in [6.45, 7) is 2.39. The van der Waals surface area contributed by atoms with Gasteiger partial charge < -0.3 is 25.2 Å². The fourth-order valence-electron chi connectivity index (χ4n) is 6.92. The molecule has 11 nitrogen and oxygen atoms in total. The predicted octanol–water partition coefficient (Wildman–Crippen LogP) is 5.28. The second kappa shape index (κ2) is 18.5. The van der Waals surface area contributed by atoms with Crippen molar-refractivity contribution in [3.8, 4) is 5.75 Å². The van der Waals surface area contributed by atoms with Crippen molar-refractivity contribution in [3.63, 3.8) is 0 Å². The van der Waals surface area contributed by atoms with Crippen LogP contribution < -0.4 is 15.4 Å². The van der Waals surface area contributed by atoms with Crippen LogP contribution in [0.15, 0.2) is 91.0 Å². The average Bonchev–Trinajstić information content (AvgIpc) is 3.51. The lowest BCUT2D eigenvalue weighted by Crippen LogP contribution is -2.55. The number of unbranched alkanes of at least 4 members (excludes halogenated alkanes) is 2. The number of β-amino-alcohol motifs (C(OH)–C–C–N with tert-alkyl or cyclic N) is 1. The van der Waals surface area contributed by atoms with E-state index >= 15 is 0 Å². The van der Waals surface area contributed by atoms with E-state index in [0.29, 0.717) is 25.0 Å². The SMILES string of the molecule is CCCCCS(=O)(=O)N(C)[C@H]1C/C=C/CN(C(=O)OCc2ccccc2)C2CC(NC[C@@H](O)[C@H](Cc3ccccc3)NC1=O)c1cc(OC)ccc12. The highest BCUT2D eigenvalue weighted by Crippen LogP contribution is 2.44. The van der Waals surface area contributed by atoms with E-state index in [-0.39, 0.29) is 44.0 Å². The maximum absolute atomic E-state index is 14.1. The zero-order valence-corrected chi connectivity index (χ0v) is 31.1. The van der Waals surface area contributed by atoms with Crippen LogP contribution in [0.4, 0.5) is 4.79 Å². The fraction of sp³-hybridized carbons (Fsp3) is 0.450. The van der Waals surface area contributed by atoms with Crippen LogP contribution in [0.5, 0.6) is 5.75 Å². The molecule has 0 radical (unpaired) electrons. The Hall–Kier alpha value is -4.23. The van der Waals surface area contributed by atoms with E-state index in [1.54, 1.807) is 24.2 Å². The zero-order chi connectivity index (χ0) is 37.1. The summed E-state index contributed by atoms with van der Waals surface area (Å²) in [6, 6.07) is 22.4. The Labute approximate surface area is 308 Å². The Bertz CT molecular complexity index is 1760. The van der Waals surface area contributed by atoms with Gasteiger partial charge in [-0.2, -0.15) is 4.31 Å². The molecule has 12 heteroatoms. The number of nitrogens with one attached hydrogen (secondary N) is 2. The molecule has 0 aromatic heterocycles. The number of aliphatic hydroxyl groups is 1. The number of fused-ring (bicyclic) bond motifs is 5. The van der Waals surface area contributed by atoms with Gasteiger partial charge in [-0.1, -0.05) is 98.6 Å². The molecule has 0 fully saturated rings. The molecule has 2 unspecified atom stereocenters.